The van der Waals surface area contributed by atoms with Crippen LogP contribution in [0.5, 0.6) is 0 Å². The summed E-state index contributed by atoms with van der Waals surface area (Å²) in [4.78, 5) is 39.7. The van der Waals surface area contributed by atoms with E-state index in [1.807, 2.05) is 102 Å². The molecule has 3 aromatic carbocycles. The van der Waals surface area contributed by atoms with Gasteiger partial charge in [0.2, 0.25) is 11.8 Å². The average Bonchev–Trinajstić information content (AvgIpc) is 3.84. The molecule has 0 saturated carbocycles. The van der Waals surface area contributed by atoms with Gasteiger partial charge in [-0.2, -0.15) is 13.2 Å². The predicted octanol–water partition coefficient (Wildman–Crippen LogP) is 14.5. The highest BCUT2D eigenvalue weighted by Gasteiger charge is 2.34. The SMILES string of the molecule is C=CSC=C(C)C.CC.CCC.CCC.O=C([C@H](Cc1cccs1)N(Cc1ccc(-c2ccccn2)cc1)C(=O)/C=C/c1ccc(C(F)(F)F)cc1)N1CCN(Cc2ccccc2)CC1. The van der Waals surface area contributed by atoms with E-state index in [0.717, 1.165) is 40.4 Å². The topological polar surface area (TPSA) is 56.8 Å². The number of halogens is 3. The van der Waals surface area contributed by atoms with Crippen molar-refractivity contribution in [1.29, 1.82) is 0 Å². The van der Waals surface area contributed by atoms with Gasteiger partial charge in [0.05, 0.1) is 11.3 Å². The number of aromatic nitrogens is 1. The molecular formula is C54H69F3N4O2S2. The minimum atomic E-state index is -4.45. The minimum absolute atomic E-state index is 0.126. The number of allylic oxidation sites excluding steroid dienone is 1. The highest BCUT2D eigenvalue weighted by molar-refractivity contribution is 8.04. The van der Waals surface area contributed by atoms with Crippen LogP contribution in [0.1, 0.15) is 95.4 Å². The Labute approximate surface area is 396 Å². The Morgan fingerprint density at radius 1 is 0.815 bits per heavy atom. The average molecular weight is 927 g/mol. The number of hydrogen-bond donors (Lipinski definition) is 0. The van der Waals surface area contributed by atoms with E-state index >= 15 is 0 Å². The largest absolute Gasteiger partial charge is 0.416 e. The van der Waals surface area contributed by atoms with Crippen molar-refractivity contribution in [2.75, 3.05) is 26.2 Å². The molecular weight excluding hydrogens is 858 g/mol. The van der Waals surface area contributed by atoms with Gasteiger partial charge in [0.15, 0.2) is 0 Å². The smallest absolute Gasteiger partial charge is 0.338 e. The van der Waals surface area contributed by atoms with Gasteiger partial charge in [-0.05, 0) is 83.1 Å². The molecule has 0 spiro atoms. The van der Waals surface area contributed by atoms with E-state index in [9.17, 15) is 22.8 Å². The number of thiophene rings is 1. The van der Waals surface area contributed by atoms with Crippen LogP contribution < -0.4 is 0 Å². The molecule has 5 aromatic rings. The third-order valence-electron chi connectivity index (χ3n) is 9.18. The number of carbonyl (C=O) groups excluding carboxylic acids is 2. The lowest BCUT2D eigenvalue weighted by Crippen LogP contribution is -2.56. The fourth-order valence-corrected chi connectivity index (χ4v) is 7.32. The van der Waals surface area contributed by atoms with E-state index in [2.05, 4.69) is 75.5 Å². The number of carbonyl (C=O) groups is 2. The van der Waals surface area contributed by atoms with Crippen LogP contribution in [-0.4, -0.2) is 63.7 Å². The lowest BCUT2D eigenvalue weighted by Gasteiger charge is -2.39. The maximum atomic E-state index is 14.4. The molecule has 6 rings (SSSR count). The second-order valence-corrected chi connectivity index (χ2v) is 17.0. The Morgan fingerprint density at radius 3 is 1.94 bits per heavy atom. The van der Waals surface area contributed by atoms with Crippen molar-refractivity contribution < 1.29 is 22.8 Å². The zero-order chi connectivity index (χ0) is 48.0. The van der Waals surface area contributed by atoms with Crippen molar-refractivity contribution in [2.45, 2.75) is 100.0 Å². The molecule has 6 nitrogen and oxygen atoms in total. The number of alkyl halides is 3. The Morgan fingerprint density at radius 2 is 1.43 bits per heavy atom. The van der Waals surface area contributed by atoms with E-state index in [0.29, 0.717) is 38.2 Å². The van der Waals surface area contributed by atoms with Gasteiger partial charge in [0.25, 0.3) is 0 Å². The summed E-state index contributed by atoms with van der Waals surface area (Å²) in [6.45, 7) is 23.6. The van der Waals surface area contributed by atoms with Gasteiger partial charge in [0, 0.05) is 68.4 Å². The van der Waals surface area contributed by atoms with Gasteiger partial charge >= 0.3 is 6.18 Å². The molecule has 1 aliphatic rings. The van der Waals surface area contributed by atoms with Gasteiger partial charge in [-0.25, -0.2) is 0 Å². The van der Waals surface area contributed by atoms with Crippen LogP contribution in [-0.2, 0) is 35.3 Å². The van der Waals surface area contributed by atoms with Crippen molar-refractivity contribution in [1.82, 2.24) is 19.7 Å². The Hall–Kier alpha value is -5.23. The molecule has 1 saturated heterocycles. The Balaban J connectivity index is 0.000000847. The van der Waals surface area contributed by atoms with E-state index in [-0.39, 0.29) is 12.5 Å². The number of pyridine rings is 1. The van der Waals surface area contributed by atoms with Crippen LogP contribution in [0.25, 0.3) is 17.3 Å². The van der Waals surface area contributed by atoms with Crippen molar-refractivity contribution in [3.8, 4) is 11.3 Å². The predicted molar refractivity (Wildman–Crippen MR) is 271 cm³/mol. The molecule has 2 aromatic heterocycles. The number of hydrogen-bond acceptors (Lipinski definition) is 6. The highest BCUT2D eigenvalue weighted by atomic mass is 32.2. The summed E-state index contributed by atoms with van der Waals surface area (Å²) in [7, 11) is 0. The maximum Gasteiger partial charge on any atom is 0.416 e. The van der Waals surface area contributed by atoms with E-state index in [1.165, 1.54) is 59.6 Å². The molecule has 0 aliphatic carbocycles. The molecule has 3 heterocycles. The summed E-state index contributed by atoms with van der Waals surface area (Å²) in [5, 5.41) is 5.83. The first kappa shape index (κ1) is 55.9. The number of benzene rings is 3. The van der Waals surface area contributed by atoms with Gasteiger partial charge in [0.1, 0.15) is 6.04 Å². The number of piperazine rings is 1. The second kappa shape index (κ2) is 31.6. The third-order valence-corrected chi connectivity index (χ3v) is 10.9. The number of amides is 2. The van der Waals surface area contributed by atoms with Crippen molar-refractivity contribution >= 4 is 41.0 Å². The minimum Gasteiger partial charge on any atom is -0.338 e. The van der Waals surface area contributed by atoms with E-state index < -0.39 is 23.7 Å². The van der Waals surface area contributed by atoms with Crippen molar-refractivity contribution in [3.05, 3.63) is 177 Å². The molecule has 1 aliphatic heterocycles. The summed E-state index contributed by atoms with van der Waals surface area (Å²) < 4.78 is 39.4. The molecule has 350 valence electrons. The zero-order valence-electron chi connectivity index (χ0n) is 39.6. The number of nitrogens with zero attached hydrogens (tertiary/aromatic N) is 4. The number of rotatable bonds is 13. The molecule has 1 fully saturated rings. The van der Waals surface area contributed by atoms with Crippen molar-refractivity contribution in [3.63, 3.8) is 0 Å². The van der Waals surface area contributed by atoms with Crippen LogP contribution >= 0.6 is 23.1 Å². The zero-order valence-corrected chi connectivity index (χ0v) is 41.2. The van der Waals surface area contributed by atoms with E-state index in [1.54, 1.807) is 22.9 Å². The molecule has 11 heteroatoms. The second-order valence-electron chi connectivity index (χ2n) is 15.1. The lowest BCUT2D eigenvalue weighted by molar-refractivity contribution is -0.145. The van der Waals surface area contributed by atoms with Crippen LogP contribution in [0.15, 0.2) is 150 Å². The fraction of sp³-hybridized carbons (Fsp3) is 0.352. The molecule has 0 unspecified atom stereocenters. The standard InChI is InChI=1S/C40H37F3N4O2S.C6H10S.2C3H8.C2H6/c41-40(42,43)34-18-13-30(14-19-34)15-20-38(48)47(29-32-11-16-33(17-12-32)36-10-4-5-21-44-36)37(27-35-9-6-26-50-35)39(49)46-24-22-45(23-25-46)28-31-7-2-1-3-8-31;1-4-7-5-6(2)3;2*1-3-2;1-2/h1-21,26,37H,22-25,27-29H2;4-5H,1H2,2-3H3;2*3H2,1-2H3;1-2H3/b20-15+;;;;/t37-;;;;/m0..../s1. The molecule has 0 bridgehead atoms. The van der Waals surface area contributed by atoms with Crippen LogP contribution in [0, 0.1) is 0 Å². The first-order valence-electron chi connectivity index (χ1n) is 22.5. The Bertz CT molecular complexity index is 2090. The Kier molecular flexibility index (Phi) is 27.2. The molecule has 65 heavy (non-hydrogen) atoms. The van der Waals surface area contributed by atoms with Crippen LogP contribution in [0.3, 0.4) is 0 Å². The molecule has 2 amide bonds. The first-order valence-corrected chi connectivity index (χ1v) is 24.3. The van der Waals surface area contributed by atoms with Crippen LogP contribution in [0.2, 0.25) is 0 Å². The molecule has 0 N–H and O–H groups in total. The van der Waals surface area contributed by atoms with Crippen LogP contribution in [0.4, 0.5) is 13.2 Å². The summed E-state index contributed by atoms with van der Waals surface area (Å²) in [6.07, 6.45) is 2.96. The van der Waals surface area contributed by atoms with Gasteiger partial charge in [-0.15, -0.1) is 23.1 Å². The van der Waals surface area contributed by atoms with E-state index in [4.69, 9.17) is 0 Å². The monoisotopic (exact) mass is 926 g/mol. The summed E-state index contributed by atoms with van der Waals surface area (Å²) in [6, 6.07) is 31.4. The third kappa shape index (κ3) is 21.1. The fourth-order valence-electron chi connectivity index (χ4n) is 6.21. The molecule has 1 atom stereocenters. The van der Waals surface area contributed by atoms with Gasteiger partial charge in [-0.3, -0.25) is 19.5 Å². The quantitative estimate of drug-likeness (QED) is 0.110. The highest BCUT2D eigenvalue weighted by Crippen LogP contribution is 2.29. The summed E-state index contributed by atoms with van der Waals surface area (Å²) in [5.74, 6) is -0.532. The normalized spacial score (nSPS) is 12.6. The first-order chi connectivity index (χ1) is 31.3. The summed E-state index contributed by atoms with van der Waals surface area (Å²) >= 11 is 3.15. The maximum absolute atomic E-state index is 14.4. The molecule has 0 radical (unpaired) electrons. The van der Waals surface area contributed by atoms with Crippen molar-refractivity contribution in [2.24, 2.45) is 0 Å². The number of thioether (sulfide) groups is 1. The van der Waals surface area contributed by atoms with Gasteiger partial charge < -0.3 is 9.80 Å². The summed E-state index contributed by atoms with van der Waals surface area (Å²) in [5.41, 5.74) is 4.80. The lowest BCUT2D eigenvalue weighted by atomic mass is 10.0. The van der Waals surface area contributed by atoms with Gasteiger partial charge in [-0.1, -0.05) is 145 Å².